The van der Waals surface area contributed by atoms with Gasteiger partial charge in [-0.3, -0.25) is 0 Å². The predicted molar refractivity (Wildman–Crippen MR) is 33.1 cm³/mol. The van der Waals surface area contributed by atoms with Crippen molar-refractivity contribution in [3.05, 3.63) is 11.8 Å². The quantitative estimate of drug-likeness (QED) is 0.470. The number of rotatable bonds is 1. The highest BCUT2D eigenvalue weighted by Gasteiger charge is 1.81. The van der Waals surface area contributed by atoms with Gasteiger partial charge in [-0.1, -0.05) is 0 Å². The Morgan fingerprint density at radius 2 is 2.12 bits per heavy atom. The molecule has 44 valence electrons. The molecule has 0 rings (SSSR count). The van der Waals surface area contributed by atoms with E-state index < -0.39 is 0 Å². The topological polar surface area (TPSA) is 27.0 Å². The maximum Gasteiger partial charge on any atom is 0.0959 e. The van der Waals surface area contributed by atoms with E-state index in [1.807, 2.05) is 25.1 Å². The zero-order valence-electron chi connectivity index (χ0n) is 5.47. The van der Waals surface area contributed by atoms with Gasteiger partial charge in [-0.25, -0.2) is 0 Å². The van der Waals surface area contributed by atoms with Crippen LogP contribution in [0.15, 0.2) is 11.8 Å². The molecule has 0 N–H and O–H groups in total. The molecule has 0 unspecified atom stereocenters. The largest absolute Gasteiger partial charge is 0.383 e. The Morgan fingerprint density at radius 1 is 1.62 bits per heavy atom. The minimum atomic E-state index is 0.731. The van der Waals surface area contributed by atoms with E-state index in [-0.39, 0.29) is 0 Å². The number of nitriles is 1. The van der Waals surface area contributed by atoms with Crippen LogP contribution >= 0.6 is 0 Å². The molecule has 0 radical (unpaired) electrons. The van der Waals surface area contributed by atoms with Gasteiger partial charge in [0.1, 0.15) is 0 Å². The summed E-state index contributed by atoms with van der Waals surface area (Å²) < 4.78 is 0. The number of nitrogens with zero attached hydrogens (tertiary/aromatic N) is 2. The maximum absolute atomic E-state index is 8.24. The molecular formula is C6H10N2. The average Bonchev–Trinajstić information content (AvgIpc) is 1.65. The number of allylic oxidation sites excluding steroid dienone is 1. The summed E-state index contributed by atoms with van der Waals surface area (Å²) in [6.07, 6.45) is 1.78. The molecule has 0 amide bonds. The average molecular weight is 110 g/mol. The summed E-state index contributed by atoms with van der Waals surface area (Å²) in [6.45, 7) is 1.78. The molecule has 0 aliphatic carbocycles. The summed E-state index contributed by atoms with van der Waals surface area (Å²) in [5.41, 5.74) is 0.731. The molecule has 2 nitrogen and oxygen atoms in total. The van der Waals surface area contributed by atoms with E-state index in [2.05, 4.69) is 0 Å². The second kappa shape index (κ2) is 3.09. The molecule has 0 fully saturated rings. The minimum absolute atomic E-state index is 0.731. The lowest BCUT2D eigenvalue weighted by Gasteiger charge is -2.02. The first kappa shape index (κ1) is 7.03. The van der Waals surface area contributed by atoms with Gasteiger partial charge in [0.05, 0.1) is 6.07 Å². The maximum atomic E-state index is 8.24. The van der Waals surface area contributed by atoms with Crippen molar-refractivity contribution in [2.24, 2.45) is 0 Å². The van der Waals surface area contributed by atoms with E-state index in [1.165, 1.54) is 0 Å². The lowest BCUT2D eigenvalue weighted by Crippen LogP contribution is -2.01. The lowest BCUT2D eigenvalue weighted by atomic mass is 10.4. The van der Waals surface area contributed by atoms with E-state index >= 15 is 0 Å². The van der Waals surface area contributed by atoms with Gasteiger partial charge in [0, 0.05) is 25.9 Å². The van der Waals surface area contributed by atoms with Gasteiger partial charge < -0.3 is 4.90 Å². The Labute approximate surface area is 50.0 Å². The minimum Gasteiger partial charge on any atom is -0.383 e. The lowest BCUT2D eigenvalue weighted by molar-refractivity contribution is 0.560. The van der Waals surface area contributed by atoms with Crippen molar-refractivity contribution in [2.45, 2.75) is 6.92 Å². The molecule has 0 heterocycles. The zero-order valence-corrected chi connectivity index (χ0v) is 5.47. The molecule has 0 aromatic carbocycles. The molecular weight excluding hydrogens is 100 g/mol. The van der Waals surface area contributed by atoms with Crippen LogP contribution in [-0.2, 0) is 0 Å². The van der Waals surface area contributed by atoms with Crippen LogP contribution in [0.25, 0.3) is 0 Å². The fraction of sp³-hybridized carbons (Fsp3) is 0.500. The Bertz CT molecular complexity index is 128. The monoisotopic (exact) mass is 110 g/mol. The third-order valence-electron chi connectivity index (χ3n) is 0.628. The molecule has 8 heavy (non-hydrogen) atoms. The van der Waals surface area contributed by atoms with Crippen LogP contribution in [0.3, 0.4) is 0 Å². The van der Waals surface area contributed by atoms with Crippen molar-refractivity contribution in [2.75, 3.05) is 14.1 Å². The fourth-order valence-corrected chi connectivity index (χ4v) is 0.416. The van der Waals surface area contributed by atoms with Crippen molar-refractivity contribution in [3.63, 3.8) is 0 Å². The van der Waals surface area contributed by atoms with E-state index in [1.54, 1.807) is 13.1 Å². The fourth-order valence-electron chi connectivity index (χ4n) is 0.416. The summed E-state index contributed by atoms with van der Waals surface area (Å²) in [4.78, 5) is 1.85. The zero-order chi connectivity index (χ0) is 6.57. The Kier molecular flexibility index (Phi) is 2.71. The predicted octanol–water partition coefficient (Wildman–Crippen LogP) is 0.975. The highest BCUT2D eigenvalue weighted by Crippen LogP contribution is 1.88. The van der Waals surface area contributed by atoms with Crippen LogP contribution in [0.2, 0.25) is 0 Å². The van der Waals surface area contributed by atoms with Gasteiger partial charge in [-0.2, -0.15) is 5.26 Å². The molecule has 0 aromatic rings. The summed E-state index contributed by atoms with van der Waals surface area (Å²) in [5, 5.41) is 8.24. The Hall–Kier alpha value is -0.970. The van der Waals surface area contributed by atoms with Gasteiger partial charge in [0.2, 0.25) is 0 Å². The molecule has 0 aliphatic rings. The van der Waals surface area contributed by atoms with Crippen LogP contribution in [-0.4, -0.2) is 19.0 Å². The summed E-state index contributed by atoms with van der Waals surface area (Å²) in [7, 11) is 3.78. The van der Waals surface area contributed by atoms with Gasteiger partial charge in [-0.05, 0) is 6.92 Å². The highest BCUT2D eigenvalue weighted by atomic mass is 15.0. The highest BCUT2D eigenvalue weighted by molar-refractivity contribution is 5.15. The SMILES string of the molecule is CC(C#N)=CN(C)C. The first-order valence-electron chi connectivity index (χ1n) is 2.41. The molecule has 2 heteroatoms. The standard InChI is InChI=1S/C6H10N2/c1-6(4-7)5-8(2)3/h5H,1-3H3. The molecule has 0 saturated heterocycles. The van der Waals surface area contributed by atoms with Crippen LogP contribution in [0.1, 0.15) is 6.92 Å². The van der Waals surface area contributed by atoms with Gasteiger partial charge in [0.15, 0.2) is 0 Å². The van der Waals surface area contributed by atoms with Gasteiger partial charge >= 0.3 is 0 Å². The van der Waals surface area contributed by atoms with Crippen molar-refractivity contribution in [1.82, 2.24) is 4.90 Å². The third-order valence-corrected chi connectivity index (χ3v) is 0.628. The summed E-state index contributed by atoms with van der Waals surface area (Å²) in [6, 6.07) is 2.02. The normalized spacial score (nSPS) is 10.5. The van der Waals surface area contributed by atoms with Crippen molar-refractivity contribution < 1.29 is 0 Å². The molecule has 0 atom stereocenters. The second-order valence-electron chi connectivity index (χ2n) is 1.89. The Morgan fingerprint density at radius 3 is 2.25 bits per heavy atom. The van der Waals surface area contributed by atoms with Crippen LogP contribution in [0.5, 0.6) is 0 Å². The van der Waals surface area contributed by atoms with Crippen LogP contribution < -0.4 is 0 Å². The summed E-state index contributed by atoms with van der Waals surface area (Å²) in [5.74, 6) is 0. The molecule has 0 aromatic heterocycles. The van der Waals surface area contributed by atoms with E-state index in [0.29, 0.717) is 0 Å². The number of hydrogen-bond donors (Lipinski definition) is 0. The smallest absolute Gasteiger partial charge is 0.0959 e. The first-order chi connectivity index (χ1) is 3.66. The number of hydrogen-bond acceptors (Lipinski definition) is 2. The first-order valence-corrected chi connectivity index (χ1v) is 2.41. The van der Waals surface area contributed by atoms with Crippen molar-refractivity contribution in [1.29, 1.82) is 5.26 Å². The van der Waals surface area contributed by atoms with Crippen molar-refractivity contribution >= 4 is 0 Å². The van der Waals surface area contributed by atoms with E-state index in [4.69, 9.17) is 5.26 Å². The molecule has 0 bridgehead atoms. The van der Waals surface area contributed by atoms with E-state index in [9.17, 15) is 0 Å². The Balaban J connectivity index is 3.80. The third kappa shape index (κ3) is 3.23. The molecule has 0 aliphatic heterocycles. The molecule has 0 spiro atoms. The van der Waals surface area contributed by atoms with Crippen molar-refractivity contribution in [3.8, 4) is 6.07 Å². The van der Waals surface area contributed by atoms with Gasteiger partial charge in [-0.15, -0.1) is 0 Å². The van der Waals surface area contributed by atoms with E-state index in [0.717, 1.165) is 5.57 Å². The van der Waals surface area contributed by atoms with Crippen LogP contribution in [0.4, 0.5) is 0 Å². The second-order valence-corrected chi connectivity index (χ2v) is 1.89. The van der Waals surface area contributed by atoms with Crippen LogP contribution in [0, 0.1) is 11.3 Å². The van der Waals surface area contributed by atoms with Gasteiger partial charge in [0.25, 0.3) is 0 Å². The summed E-state index contributed by atoms with van der Waals surface area (Å²) >= 11 is 0. The molecule has 0 saturated carbocycles.